The van der Waals surface area contributed by atoms with E-state index in [0.717, 1.165) is 0 Å². The Labute approximate surface area is 139 Å². The van der Waals surface area contributed by atoms with E-state index in [4.69, 9.17) is 5.53 Å². The van der Waals surface area contributed by atoms with E-state index in [1.807, 2.05) is 6.92 Å². The van der Waals surface area contributed by atoms with Crippen LogP contribution in [0.15, 0.2) is 29.4 Å². The number of benzene rings is 1. The highest BCUT2D eigenvalue weighted by Crippen LogP contribution is 2.55. The van der Waals surface area contributed by atoms with Gasteiger partial charge in [-0.1, -0.05) is 24.2 Å². The van der Waals surface area contributed by atoms with E-state index in [-0.39, 0.29) is 5.91 Å². The van der Waals surface area contributed by atoms with Gasteiger partial charge >= 0.3 is 0 Å². The Hall–Kier alpha value is -2.37. The number of amides is 1. The Bertz CT molecular complexity index is 743. The molecule has 1 fully saturated rings. The number of nitrogens with zero attached hydrogens (tertiary/aromatic N) is 4. The molecular formula is C17H20N4O3. The maximum Gasteiger partial charge on any atom is 0.229 e. The monoisotopic (exact) mass is 328 g/mol. The number of hydrogen-bond donors (Lipinski definition) is 1. The standard InChI is InChI=1S/C17H20N4O3/c1-2-16(9-5-11-19-20-18)10-8-14(22)21-13-7-4-3-6-12(13)15(23)17(16,21)24/h3-4,6-7,24H,2,5,8-11H2,1H3/t16-,17?/m1/s1. The third-order valence-electron chi connectivity index (χ3n) is 5.49. The average Bonchev–Trinajstić information content (AvgIpc) is 2.84. The van der Waals surface area contributed by atoms with Gasteiger partial charge in [-0.2, -0.15) is 0 Å². The summed E-state index contributed by atoms with van der Waals surface area (Å²) in [6.45, 7) is 2.24. The summed E-state index contributed by atoms with van der Waals surface area (Å²) in [5, 5.41) is 15.0. The van der Waals surface area contributed by atoms with Gasteiger partial charge in [0.1, 0.15) is 0 Å². The Morgan fingerprint density at radius 3 is 2.83 bits per heavy atom. The number of ketones is 1. The largest absolute Gasteiger partial charge is 0.363 e. The summed E-state index contributed by atoms with van der Waals surface area (Å²) in [5.41, 5.74) is 6.72. The zero-order valence-corrected chi connectivity index (χ0v) is 13.6. The van der Waals surface area contributed by atoms with Gasteiger partial charge in [0.25, 0.3) is 0 Å². The molecule has 2 aliphatic heterocycles. The Kier molecular flexibility index (Phi) is 4.07. The van der Waals surface area contributed by atoms with Gasteiger partial charge in [0, 0.05) is 28.9 Å². The van der Waals surface area contributed by atoms with Gasteiger partial charge < -0.3 is 5.11 Å². The first-order valence-corrected chi connectivity index (χ1v) is 8.22. The first-order valence-electron chi connectivity index (χ1n) is 8.22. The minimum Gasteiger partial charge on any atom is -0.363 e. The van der Waals surface area contributed by atoms with Crippen LogP contribution in [0.1, 0.15) is 49.4 Å². The van der Waals surface area contributed by atoms with Crippen molar-refractivity contribution in [3.8, 4) is 0 Å². The SMILES string of the molecule is CC[C@@]1(CCCN=[N+]=[N-])CCC(=O)N2c3ccccc3C(=O)C21O. The van der Waals surface area contributed by atoms with E-state index in [1.165, 1.54) is 4.90 Å². The molecule has 24 heavy (non-hydrogen) atoms. The summed E-state index contributed by atoms with van der Waals surface area (Å²) in [7, 11) is 0. The molecule has 7 nitrogen and oxygen atoms in total. The van der Waals surface area contributed by atoms with Crippen LogP contribution in [0.2, 0.25) is 0 Å². The predicted octanol–water partition coefficient (Wildman–Crippen LogP) is 3.19. The number of carbonyl (C=O) groups excluding carboxylic acids is 2. The molecule has 7 heteroatoms. The number of fused-ring (bicyclic) bond motifs is 3. The minimum absolute atomic E-state index is 0.227. The maximum atomic E-state index is 13.0. The Morgan fingerprint density at radius 1 is 1.38 bits per heavy atom. The lowest BCUT2D eigenvalue weighted by Crippen LogP contribution is -2.66. The second kappa shape index (κ2) is 5.92. The molecule has 1 aromatic rings. The summed E-state index contributed by atoms with van der Waals surface area (Å²) in [6.07, 6.45) is 2.38. The fraction of sp³-hybridized carbons (Fsp3) is 0.529. The van der Waals surface area contributed by atoms with Crippen LogP contribution in [0.4, 0.5) is 5.69 Å². The molecule has 1 aromatic carbocycles. The highest BCUT2D eigenvalue weighted by atomic mass is 16.3. The quantitative estimate of drug-likeness (QED) is 0.388. The van der Waals surface area contributed by atoms with E-state index in [0.29, 0.717) is 49.9 Å². The number of azide groups is 1. The number of piperidine rings is 1. The van der Waals surface area contributed by atoms with Crippen molar-refractivity contribution in [2.75, 3.05) is 11.4 Å². The fourth-order valence-corrected chi connectivity index (χ4v) is 4.18. The zero-order chi connectivity index (χ0) is 17.4. The average molecular weight is 328 g/mol. The van der Waals surface area contributed by atoms with Crippen molar-refractivity contribution in [2.24, 2.45) is 10.5 Å². The molecule has 0 bridgehead atoms. The highest BCUT2D eigenvalue weighted by molar-refractivity contribution is 6.20. The molecule has 0 aromatic heterocycles. The number of hydrogen-bond acceptors (Lipinski definition) is 4. The molecule has 0 saturated carbocycles. The van der Waals surface area contributed by atoms with Gasteiger partial charge in [-0.15, -0.1) is 0 Å². The van der Waals surface area contributed by atoms with E-state index < -0.39 is 16.9 Å². The van der Waals surface area contributed by atoms with Crippen molar-refractivity contribution in [2.45, 2.75) is 44.8 Å². The van der Waals surface area contributed by atoms with Gasteiger partial charge in [0.2, 0.25) is 17.4 Å². The third kappa shape index (κ3) is 2.05. The van der Waals surface area contributed by atoms with Crippen LogP contribution in [0.25, 0.3) is 10.4 Å². The maximum absolute atomic E-state index is 13.0. The third-order valence-corrected chi connectivity index (χ3v) is 5.49. The summed E-state index contributed by atoms with van der Waals surface area (Å²) >= 11 is 0. The number of anilines is 1. The molecule has 2 atom stereocenters. The van der Waals surface area contributed by atoms with E-state index in [9.17, 15) is 14.7 Å². The van der Waals surface area contributed by atoms with Gasteiger partial charge in [-0.05, 0) is 43.3 Å². The highest BCUT2D eigenvalue weighted by Gasteiger charge is 2.65. The summed E-state index contributed by atoms with van der Waals surface area (Å²) in [5.74, 6) is -0.633. The zero-order valence-electron chi connectivity index (χ0n) is 13.6. The second-order valence-electron chi connectivity index (χ2n) is 6.44. The molecule has 1 N–H and O–H groups in total. The normalized spacial score (nSPS) is 28.3. The van der Waals surface area contributed by atoms with E-state index in [2.05, 4.69) is 10.0 Å². The molecule has 2 aliphatic rings. The van der Waals surface area contributed by atoms with Crippen LogP contribution >= 0.6 is 0 Å². The molecule has 1 unspecified atom stereocenters. The topological polar surface area (TPSA) is 106 Å². The molecule has 2 heterocycles. The van der Waals surface area contributed by atoms with Crippen molar-refractivity contribution in [1.29, 1.82) is 0 Å². The lowest BCUT2D eigenvalue weighted by molar-refractivity contribution is -0.137. The van der Waals surface area contributed by atoms with Gasteiger partial charge in [-0.3, -0.25) is 14.5 Å². The summed E-state index contributed by atoms with van der Waals surface area (Å²) in [4.78, 5) is 29.6. The second-order valence-corrected chi connectivity index (χ2v) is 6.44. The van der Waals surface area contributed by atoms with E-state index in [1.54, 1.807) is 24.3 Å². The van der Waals surface area contributed by atoms with Crippen molar-refractivity contribution in [3.05, 3.63) is 40.3 Å². The van der Waals surface area contributed by atoms with Crippen LogP contribution in [0.5, 0.6) is 0 Å². The lowest BCUT2D eigenvalue weighted by atomic mass is 9.64. The molecule has 3 rings (SSSR count). The van der Waals surface area contributed by atoms with Crippen molar-refractivity contribution >= 4 is 17.4 Å². The smallest absolute Gasteiger partial charge is 0.229 e. The fourth-order valence-electron chi connectivity index (χ4n) is 4.18. The van der Waals surface area contributed by atoms with Crippen LogP contribution in [-0.2, 0) is 4.79 Å². The van der Waals surface area contributed by atoms with Gasteiger partial charge in [0.05, 0.1) is 5.69 Å². The number of carbonyl (C=O) groups is 2. The van der Waals surface area contributed by atoms with Crippen LogP contribution in [0, 0.1) is 5.41 Å². The van der Waals surface area contributed by atoms with E-state index >= 15 is 0 Å². The predicted molar refractivity (Wildman–Crippen MR) is 88.4 cm³/mol. The summed E-state index contributed by atoms with van der Waals surface area (Å²) < 4.78 is 0. The van der Waals surface area contributed by atoms with Crippen LogP contribution < -0.4 is 4.90 Å². The van der Waals surface area contributed by atoms with Gasteiger partial charge in [-0.25, -0.2) is 0 Å². The summed E-state index contributed by atoms with van der Waals surface area (Å²) in [6, 6.07) is 6.85. The first kappa shape index (κ1) is 16.5. The number of Topliss-reactive ketones (excluding diaryl/α,β-unsaturated/α-hetero) is 1. The van der Waals surface area contributed by atoms with Crippen LogP contribution in [0.3, 0.4) is 0 Å². The molecule has 0 radical (unpaired) electrons. The minimum atomic E-state index is -1.85. The molecular weight excluding hydrogens is 308 g/mol. The van der Waals surface area contributed by atoms with Crippen molar-refractivity contribution < 1.29 is 14.7 Å². The van der Waals surface area contributed by atoms with Crippen molar-refractivity contribution in [3.63, 3.8) is 0 Å². The number of para-hydroxylation sites is 1. The molecule has 1 saturated heterocycles. The Morgan fingerprint density at radius 2 is 2.12 bits per heavy atom. The Balaban J connectivity index is 2.06. The molecule has 1 amide bonds. The van der Waals surface area contributed by atoms with Gasteiger partial charge in [0.15, 0.2) is 0 Å². The number of rotatable bonds is 5. The lowest BCUT2D eigenvalue weighted by Gasteiger charge is -2.51. The van der Waals surface area contributed by atoms with Crippen LogP contribution in [-0.4, -0.2) is 29.1 Å². The number of aliphatic hydroxyl groups is 1. The molecule has 126 valence electrons. The molecule has 0 spiro atoms. The molecule has 0 aliphatic carbocycles. The van der Waals surface area contributed by atoms with Crippen molar-refractivity contribution in [1.82, 2.24) is 0 Å². The first-order chi connectivity index (χ1) is 11.5.